The van der Waals surface area contributed by atoms with Gasteiger partial charge in [-0.15, -0.1) is 0 Å². The number of carbonyl (C=O) groups is 1. The maximum absolute atomic E-state index is 12.6. The number of nitrogens with one attached hydrogen (secondary N) is 3. The van der Waals surface area contributed by atoms with Crippen LogP contribution in [0.2, 0.25) is 10.0 Å². The van der Waals surface area contributed by atoms with Crippen LogP contribution in [0.15, 0.2) is 47.7 Å². The highest BCUT2D eigenvalue weighted by Crippen LogP contribution is 2.22. The number of aromatic nitrogens is 1. The van der Waals surface area contributed by atoms with Crippen LogP contribution < -0.4 is 16.0 Å². The van der Waals surface area contributed by atoms with Crippen LogP contribution in [0.3, 0.4) is 0 Å². The molecule has 0 aliphatic heterocycles. The molecule has 1 aromatic carbocycles. The molecule has 3 N–H and O–H groups in total. The fourth-order valence-corrected chi connectivity index (χ4v) is 2.45. The zero-order valence-corrected chi connectivity index (χ0v) is 17.1. The van der Waals surface area contributed by atoms with Crippen molar-refractivity contribution in [2.24, 2.45) is 10.4 Å². The minimum absolute atomic E-state index is 0.155. The highest BCUT2D eigenvalue weighted by Gasteiger charge is 2.27. The summed E-state index contributed by atoms with van der Waals surface area (Å²) in [6.45, 7) is 5.77. The number of amides is 1. The van der Waals surface area contributed by atoms with Crippen LogP contribution in [0.25, 0.3) is 0 Å². The molecule has 146 valence electrons. The summed E-state index contributed by atoms with van der Waals surface area (Å²) in [6, 6.07) is 8.18. The number of aliphatic imine (C=N–C) groups is 1. The lowest BCUT2D eigenvalue weighted by Gasteiger charge is -2.29. The zero-order valence-electron chi connectivity index (χ0n) is 15.6. The van der Waals surface area contributed by atoms with Gasteiger partial charge in [-0.3, -0.25) is 15.1 Å². The summed E-state index contributed by atoms with van der Waals surface area (Å²) in [5.74, 6) is -0.149. The number of rotatable bonds is 4. The zero-order chi connectivity index (χ0) is 20.7. The Morgan fingerprint density at radius 1 is 1.18 bits per heavy atom. The van der Waals surface area contributed by atoms with E-state index >= 15 is 0 Å². The van der Waals surface area contributed by atoms with Gasteiger partial charge in [0.1, 0.15) is 6.17 Å². The normalized spacial score (nSPS) is 12.6. The molecule has 1 atom stereocenters. The molecule has 0 aliphatic carbocycles. The van der Waals surface area contributed by atoms with Gasteiger partial charge in [-0.1, -0.05) is 44.0 Å². The van der Waals surface area contributed by atoms with Crippen LogP contribution >= 0.6 is 23.2 Å². The van der Waals surface area contributed by atoms with E-state index in [1.54, 1.807) is 36.5 Å². The van der Waals surface area contributed by atoms with E-state index in [-0.39, 0.29) is 11.9 Å². The molecule has 0 radical (unpaired) electrons. The van der Waals surface area contributed by atoms with Gasteiger partial charge in [-0.25, -0.2) is 4.99 Å². The molecule has 2 aromatic rings. The minimum atomic E-state index is -0.633. The van der Waals surface area contributed by atoms with E-state index in [0.29, 0.717) is 21.3 Å². The predicted molar refractivity (Wildman–Crippen MR) is 111 cm³/mol. The second-order valence-corrected chi connectivity index (χ2v) is 7.85. The van der Waals surface area contributed by atoms with Gasteiger partial charge in [-0.2, -0.15) is 5.26 Å². The van der Waals surface area contributed by atoms with Gasteiger partial charge in [-0.05, 0) is 30.3 Å². The molecule has 0 fully saturated rings. The van der Waals surface area contributed by atoms with Crippen molar-refractivity contribution in [2.75, 3.05) is 5.32 Å². The first-order valence-corrected chi connectivity index (χ1v) is 9.11. The Morgan fingerprint density at radius 3 is 2.43 bits per heavy atom. The van der Waals surface area contributed by atoms with Crippen molar-refractivity contribution in [1.82, 2.24) is 15.6 Å². The van der Waals surface area contributed by atoms with E-state index in [4.69, 9.17) is 28.5 Å². The summed E-state index contributed by atoms with van der Waals surface area (Å²) in [6.07, 6.45) is 4.23. The molecular weight excluding hydrogens is 399 g/mol. The van der Waals surface area contributed by atoms with Crippen molar-refractivity contribution in [3.63, 3.8) is 0 Å². The van der Waals surface area contributed by atoms with Gasteiger partial charge >= 0.3 is 0 Å². The summed E-state index contributed by atoms with van der Waals surface area (Å²) in [5.41, 5.74) is 0.569. The van der Waals surface area contributed by atoms with Crippen molar-refractivity contribution in [3.8, 4) is 6.19 Å². The quantitative estimate of drug-likeness (QED) is 0.301. The summed E-state index contributed by atoms with van der Waals surface area (Å²) in [4.78, 5) is 21.1. The van der Waals surface area contributed by atoms with Crippen LogP contribution in [0.4, 0.5) is 5.69 Å². The summed E-state index contributed by atoms with van der Waals surface area (Å²) in [5, 5.41) is 18.3. The fourth-order valence-electron chi connectivity index (χ4n) is 2.15. The Kier molecular flexibility index (Phi) is 7.21. The molecular formula is C19H20Cl2N6O. The summed E-state index contributed by atoms with van der Waals surface area (Å²) in [7, 11) is 0. The van der Waals surface area contributed by atoms with Crippen LogP contribution in [-0.4, -0.2) is 23.0 Å². The number of hydrogen-bond donors (Lipinski definition) is 3. The number of pyridine rings is 1. The van der Waals surface area contributed by atoms with E-state index < -0.39 is 11.6 Å². The highest BCUT2D eigenvalue weighted by atomic mass is 35.5. The van der Waals surface area contributed by atoms with Crippen LogP contribution in [0.5, 0.6) is 0 Å². The topological polar surface area (TPSA) is 102 Å². The predicted octanol–water partition coefficient (Wildman–Crippen LogP) is 4.03. The average Bonchev–Trinajstić information content (AvgIpc) is 2.61. The molecule has 2 rings (SSSR count). The number of halogens is 2. The Morgan fingerprint density at radius 2 is 1.86 bits per heavy atom. The van der Waals surface area contributed by atoms with E-state index in [0.717, 1.165) is 0 Å². The molecule has 0 spiro atoms. The number of nitrogens with zero attached hydrogens (tertiary/aromatic N) is 3. The molecule has 28 heavy (non-hydrogen) atoms. The molecule has 0 bridgehead atoms. The molecule has 0 aliphatic rings. The maximum Gasteiger partial charge on any atom is 0.252 e. The molecule has 0 saturated carbocycles. The molecule has 7 nitrogen and oxygen atoms in total. The smallest absolute Gasteiger partial charge is 0.252 e. The van der Waals surface area contributed by atoms with Crippen LogP contribution in [-0.2, 0) is 0 Å². The van der Waals surface area contributed by atoms with Crippen molar-refractivity contribution < 1.29 is 4.79 Å². The third-order valence-corrected chi connectivity index (χ3v) is 4.05. The molecule has 1 heterocycles. The monoisotopic (exact) mass is 418 g/mol. The largest absolute Gasteiger partial charge is 0.330 e. The molecule has 1 unspecified atom stereocenters. The molecule has 0 saturated heterocycles. The minimum Gasteiger partial charge on any atom is -0.330 e. The lowest BCUT2D eigenvalue weighted by Crippen LogP contribution is -2.44. The number of benzene rings is 1. The third-order valence-electron chi connectivity index (χ3n) is 3.59. The molecule has 1 amide bonds. The van der Waals surface area contributed by atoms with Gasteiger partial charge in [0.05, 0.1) is 16.9 Å². The van der Waals surface area contributed by atoms with Gasteiger partial charge < -0.3 is 10.6 Å². The van der Waals surface area contributed by atoms with Crippen LogP contribution in [0.1, 0.15) is 31.1 Å². The first kappa shape index (κ1) is 21.5. The fraction of sp³-hybridized carbons (Fsp3) is 0.263. The lowest BCUT2D eigenvalue weighted by atomic mass is 9.92. The third kappa shape index (κ3) is 6.41. The highest BCUT2D eigenvalue weighted by molar-refractivity contribution is 6.31. The van der Waals surface area contributed by atoms with Crippen molar-refractivity contribution in [1.29, 1.82) is 5.26 Å². The lowest BCUT2D eigenvalue weighted by molar-refractivity contribution is 0.0906. The molecule has 9 heteroatoms. The van der Waals surface area contributed by atoms with E-state index in [1.807, 2.05) is 27.0 Å². The van der Waals surface area contributed by atoms with Crippen molar-refractivity contribution in [3.05, 3.63) is 58.3 Å². The van der Waals surface area contributed by atoms with Crippen molar-refractivity contribution in [2.45, 2.75) is 26.9 Å². The number of hydrogen-bond acceptors (Lipinski definition) is 4. The Labute approximate surface area is 173 Å². The number of nitriles is 1. The van der Waals surface area contributed by atoms with Gasteiger partial charge in [0.15, 0.2) is 6.19 Å². The molecule has 1 aromatic heterocycles. The second-order valence-electron chi connectivity index (χ2n) is 6.98. The van der Waals surface area contributed by atoms with Crippen molar-refractivity contribution >= 4 is 40.8 Å². The van der Waals surface area contributed by atoms with E-state index in [1.165, 1.54) is 6.20 Å². The maximum atomic E-state index is 12.6. The first-order valence-electron chi connectivity index (χ1n) is 8.36. The Balaban J connectivity index is 2.27. The van der Waals surface area contributed by atoms with E-state index in [9.17, 15) is 4.79 Å². The number of guanidine groups is 1. The Bertz CT molecular complexity index is 900. The number of carbonyl (C=O) groups excluding carboxylic acids is 1. The summed E-state index contributed by atoms with van der Waals surface area (Å²) >= 11 is 11.8. The standard InChI is InChI=1S/C19H20Cl2N6O/c1-19(2,3)17(26-16(28)12-4-6-13(20)7-5-12)27-18(24-11-22)25-15-8-14(21)9-23-10-15/h4-10,17H,1-3H3,(H,26,28)(H2,24,25,27). The summed E-state index contributed by atoms with van der Waals surface area (Å²) < 4.78 is 0. The van der Waals surface area contributed by atoms with Gasteiger partial charge in [0, 0.05) is 22.2 Å². The second kappa shape index (κ2) is 9.40. The van der Waals surface area contributed by atoms with Gasteiger partial charge in [0.25, 0.3) is 5.91 Å². The van der Waals surface area contributed by atoms with E-state index in [2.05, 4.69) is 25.9 Å². The average molecular weight is 419 g/mol. The first-order chi connectivity index (χ1) is 13.2. The Hall–Kier alpha value is -2.82. The number of anilines is 1. The van der Waals surface area contributed by atoms with Crippen LogP contribution in [0, 0.1) is 16.9 Å². The SMILES string of the molecule is CC(C)(C)C(N=C(NC#N)Nc1cncc(Cl)c1)NC(=O)c1ccc(Cl)cc1. The van der Waals surface area contributed by atoms with Gasteiger partial charge in [0.2, 0.25) is 5.96 Å².